The summed E-state index contributed by atoms with van der Waals surface area (Å²) in [5.41, 5.74) is 1.10. The average molecular weight is 205 g/mol. The zero-order valence-corrected chi connectivity index (χ0v) is 8.76. The molecule has 3 nitrogen and oxygen atoms in total. The predicted octanol–water partition coefficient (Wildman–Crippen LogP) is 2.89. The van der Waals surface area contributed by atoms with E-state index in [0.29, 0.717) is 0 Å². The van der Waals surface area contributed by atoms with Crippen molar-refractivity contribution in [2.75, 3.05) is 0 Å². The molecule has 0 spiro atoms. The molecule has 2 unspecified atom stereocenters. The largest absolute Gasteiger partial charge is 0.465 e. The standard InChI is InChI=1S/C12H15NO2/c1-9-7-8-11(13(9)12(14)15)10-5-3-2-4-6-10/h2-6,9,11H,7-8H2,1H3,(H,14,15). The highest BCUT2D eigenvalue weighted by molar-refractivity contribution is 5.66. The van der Waals surface area contributed by atoms with E-state index in [4.69, 9.17) is 5.11 Å². The number of hydrogen-bond donors (Lipinski definition) is 1. The molecule has 3 heteroatoms. The lowest BCUT2D eigenvalue weighted by atomic mass is 10.1. The van der Waals surface area contributed by atoms with Gasteiger partial charge in [0.2, 0.25) is 0 Å². The van der Waals surface area contributed by atoms with Gasteiger partial charge in [0.15, 0.2) is 0 Å². The lowest BCUT2D eigenvalue weighted by Gasteiger charge is -2.25. The summed E-state index contributed by atoms with van der Waals surface area (Å²) in [6.07, 6.45) is 1.07. The Labute approximate surface area is 89.3 Å². The Morgan fingerprint density at radius 2 is 2.00 bits per heavy atom. The molecule has 0 bridgehead atoms. The van der Waals surface area contributed by atoms with Gasteiger partial charge in [0.1, 0.15) is 0 Å². The number of amides is 1. The van der Waals surface area contributed by atoms with E-state index in [-0.39, 0.29) is 12.1 Å². The van der Waals surface area contributed by atoms with E-state index in [1.54, 1.807) is 4.90 Å². The molecular weight excluding hydrogens is 190 g/mol. The molecule has 1 fully saturated rings. The normalized spacial score (nSPS) is 25.5. The van der Waals surface area contributed by atoms with Crippen LogP contribution in [-0.4, -0.2) is 22.1 Å². The first kappa shape index (κ1) is 10.0. The number of carboxylic acid groups (broad SMARTS) is 1. The fourth-order valence-corrected chi connectivity index (χ4v) is 2.31. The monoisotopic (exact) mass is 205 g/mol. The quantitative estimate of drug-likeness (QED) is 0.765. The minimum absolute atomic E-state index is 0.0405. The summed E-state index contributed by atoms with van der Waals surface area (Å²) in [6.45, 7) is 1.97. The fraction of sp³-hybridized carbons (Fsp3) is 0.417. The fourth-order valence-electron chi connectivity index (χ4n) is 2.31. The van der Waals surface area contributed by atoms with Crippen LogP contribution in [0.25, 0.3) is 0 Å². The topological polar surface area (TPSA) is 40.5 Å². The van der Waals surface area contributed by atoms with Crippen molar-refractivity contribution < 1.29 is 9.90 Å². The highest BCUT2D eigenvalue weighted by atomic mass is 16.4. The van der Waals surface area contributed by atoms with Gasteiger partial charge in [0.05, 0.1) is 6.04 Å². The van der Waals surface area contributed by atoms with Gasteiger partial charge in [0.25, 0.3) is 0 Å². The van der Waals surface area contributed by atoms with Crippen LogP contribution in [0.5, 0.6) is 0 Å². The third kappa shape index (κ3) is 1.82. The third-order valence-corrected chi connectivity index (χ3v) is 3.07. The summed E-state index contributed by atoms with van der Waals surface area (Å²) >= 11 is 0. The molecule has 1 aromatic carbocycles. The van der Waals surface area contributed by atoms with E-state index in [1.165, 1.54) is 0 Å². The number of nitrogens with zero attached hydrogens (tertiary/aromatic N) is 1. The van der Waals surface area contributed by atoms with Gasteiger partial charge in [0, 0.05) is 6.04 Å². The van der Waals surface area contributed by atoms with Crippen LogP contribution < -0.4 is 0 Å². The molecular formula is C12H15NO2. The van der Waals surface area contributed by atoms with Gasteiger partial charge >= 0.3 is 6.09 Å². The predicted molar refractivity (Wildman–Crippen MR) is 57.7 cm³/mol. The van der Waals surface area contributed by atoms with E-state index in [2.05, 4.69) is 0 Å². The minimum Gasteiger partial charge on any atom is -0.465 e. The van der Waals surface area contributed by atoms with Crippen LogP contribution in [0, 0.1) is 0 Å². The summed E-state index contributed by atoms with van der Waals surface area (Å²) in [5, 5.41) is 9.14. The van der Waals surface area contributed by atoms with Crippen molar-refractivity contribution >= 4 is 6.09 Å². The second kappa shape index (κ2) is 3.93. The van der Waals surface area contributed by atoms with Gasteiger partial charge in [-0.25, -0.2) is 4.79 Å². The molecule has 2 rings (SSSR count). The Kier molecular flexibility index (Phi) is 2.62. The maximum absolute atomic E-state index is 11.1. The Balaban J connectivity index is 2.26. The average Bonchev–Trinajstić information content (AvgIpc) is 2.61. The molecule has 1 N–H and O–H groups in total. The maximum atomic E-state index is 11.1. The molecule has 0 radical (unpaired) electrons. The number of likely N-dealkylation sites (tertiary alicyclic amines) is 1. The van der Waals surface area contributed by atoms with Crippen LogP contribution in [0.4, 0.5) is 4.79 Å². The number of carbonyl (C=O) groups is 1. The Morgan fingerprint density at radius 1 is 1.33 bits per heavy atom. The first-order chi connectivity index (χ1) is 7.20. The van der Waals surface area contributed by atoms with Gasteiger partial charge in [-0.3, -0.25) is 4.90 Å². The van der Waals surface area contributed by atoms with Crippen LogP contribution in [0.3, 0.4) is 0 Å². The van der Waals surface area contributed by atoms with Crippen LogP contribution in [0.15, 0.2) is 30.3 Å². The molecule has 0 saturated carbocycles. The summed E-state index contributed by atoms with van der Waals surface area (Å²) in [5.74, 6) is 0. The Morgan fingerprint density at radius 3 is 2.60 bits per heavy atom. The van der Waals surface area contributed by atoms with E-state index in [9.17, 15) is 4.79 Å². The van der Waals surface area contributed by atoms with Gasteiger partial charge in [-0.15, -0.1) is 0 Å². The van der Waals surface area contributed by atoms with Crippen molar-refractivity contribution in [3.05, 3.63) is 35.9 Å². The van der Waals surface area contributed by atoms with Crippen molar-refractivity contribution in [3.8, 4) is 0 Å². The van der Waals surface area contributed by atoms with Crippen LogP contribution in [-0.2, 0) is 0 Å². The van der Waals surface area contributed by atoms with Crippen molar-refractivity contribution in [2.24, 2.45) is 0 Å². The third-order valence-electron chi connectivity index (χ3n) is 3.07. The number of benzene rings is 1. The lowest BCUT2D eigenvalue weighted by Crippen LogP contribution is -2.34. The molecule has 1 amide bonds. The first-order valence-corrected chi connectivity index (χ1v) is 5.26. The van der Waals surface area contributed by atoms with Crippen LogP contribution >= 0.6 is 0 Å². The first-order valence-electron chi connectivity index (χ1n) is 5.26. The summed E-state index contributed by atoms with van der Waals surface area (Å²) in [4.78, 5) is 12.7. The van der Waals surface area contributed by atoms with Crippen molar-refractivity contribution in [2.45, 2.75) is 31.8 Å². The molecule has 15 heavy (non-hydrogen) atoms. The zero-order valence-electron chi connectivity index (χ0n) is 8.76. The molecule has 1 aromatic rings. The molecule has 1 aliphatic rings. The van der Waals surface area contributed by atoms with Crippen molar-refractivity contribution in [1.29, 1.82) is 0 Å². The highest BCUT2D eigenvalue weighted by Gasteiger charge is 2.34. The Bertz CT molecular complexity index is 350. The van der Waals surface area contributed by atoms with Crippen LogP contribution in [0.1, 0.15) is 31.4 Å². The molecule has 80 valence electrons. The van der Waals surface area contributed by atoms with E-state index >= 15 is 0 Å². The summed E-state index contributed by atoms with van der Waals surface area (Å²) < 4.78 is 0. The molecule has 0 aromatic heterocycles. The van der Waals surface area contributed by atoms with E-state index < -0.39 is 6.09 Å². The van der Waals surface area contributed by atoms with E-state index in [0.717, 1.165) is 18.4 Å². The second-order valence-corrected chi connectivity index (χ2v) is 4.04. The molecule has 1 heterocycles. The summed E-state index contributed by atoms with van der Waals surface area (Å²) in [6, 6.07) is 10.0. The second-order valence-electron chi connectivity index (χ2n) is 4.04. The van der Waals surface area contributed by atoms with Crippen molar-refractivity contribution in [3.63, 3.8) is 0 Å². The van der Waals surface area contributed by atoms with Crippen molar-refractivity contribution in [1.82, 2.24) is 4.90 Å². The number of hydrogen-bond acceptors (Lipinski definition) is 1. The SMILES string of the molecule is CC1CCC(c2ccccc2)N1C(=O)O. The molecule has 2 atom stereocenters. The van der Waals surface area contributed by atoms with Gasteiger partial charge < -0.3 is 5.11 Å². The van der Waals surface area contributed by atoms with Gasteiger partial charge in [-0.2, -0.15) is 0 Å². The Hall–Kier alpha value is -1.51. The molecule has 0 aliphatic carbocycles. The maximum Gasteiger partial charge on any atom is 0.408 e. The smallest absolute Gasteiger partial charge is 0.408 e. The lowest BCUT2D eigenvalue weighted by molar-refractivity contribution is 0.125. The summed E-state index contributed by atoms with van der Waals surface area (Å²) in [7, 11) is 0. The molecule has 1 aliphatic heterocycles. The molecule has 1 saturated heterocycles. The van der Waals surface area contributed by atoms with Gasteiger partial charge in [-0.05, 0) is 25.3 Å². The minimum atomic E-state index is -0.811. The zero-order chi connectivity index (χ0) is 10.8. The van der Waals surface area contributed by atoms with Gasteiger partial charge in [-0.1, -0.05) is 30.3 Å². The number of rotatable bonds is 1. The van der Waals surface area contributed by atoms with E-state index in [1.807, 2.05) is 37.3 Å². The highest BCUT2D eigenvalue weighted by Crippen LogP contribution is 2.35. The van der Waals surface area contributed by atoms with Crippen LogP contribution in [0.2, 0.25) is 0 Å².